The highest BCUT2D eigenvalue weighted by Crippen LogP contribution is 2.28. The molecule has 6 nitrogen and oxygen atoms in total. The number of nitriles is 1. The molecule has 1 heterocycles. The van der Waals surface area contributed by atoms with Crippen LogP contribution in [-0.4, -0.2) is 9.91 Å². The van der Waals surface area contributed by atoms with E-state index in [1.807, 2.05) is 31.2 Å². The third-order valence-electron chi connectivity index (χ3n) is 3.61. The summed E-state index contributed by atoms with van der Waals surface area (Å²) in [6, 6.07) is 16.2. The Morgan fingerprint density at radius 1 is 1.31 bits per heavy atom. The van der Waals surface area contributed by atoms with Crippen molar-refractivity contribution in [3.05, 3.63) is 80.8 Å². The van der Waals surface area contributed by atoms with E-state index in [1.165, 1.54) is 23.5 Å². The summed E-state index contributed by atoms with van der Waals surface area (Å²) in [6.07, 6.45) is 1.62. The first-order chi connectivity index (χ1) is 12.6. The summed E-state index contributed by atoms with van der Waals surface area (Å²) in [5, 5.41) is 25.8. The number of allylic oxidation sites excluding steroid dienone is 1. The van der Waals surface area contributed by atoms with Gasteiger partial charge in [0.25, 0.3) is 5.69 Å². The third-order valence-corrected chi connectivity index (χ3v) is 4.48. The lowest BCUT2D eigenvalue weighted by atomic mass is 10.1. The standard InChI is InChI=1S/C19H14N4O2S/c1-13-4-2-6-16(8-13)21-11-15(10-20)19-22-18(12-26-19)14-5-3-7-17(9-14)23(24)25/h2-9,11-12,21H,1H3. The molecule has 0 aliphatic rings. The van der Waals surface area contributed by atoms with Crippen molar-refractivity contribution in [1.29, 1.82) is 5.26 Å². The number of hydrogen-bond acceptors (Lipinski definition) is 6. The summed E-state index contributed by atoms with van der Waals surface area (Å²) >= 11 is 1.32. The van der Waals surface area contributed by atoms with Gasteiger partial charge in [-0.15, -0.1) is 11.3 Å². The predicted octanol–water partition coefficient (Wildman–Crippen LogP) is 5.00. The highest BCUT2D eigenvalue weighted by Gasteiger charge is 2.12. The predicted molar refractivity (Wildman–Crippen MR) is 103 cm³/mol. The number of nitrogens with one attached hydrogen (secondary N) is 1. The molecule has 0 saturated carbocycles. The molecular weight excluding hydrogens is 348 g/mol. The van der Waals surface area contributed by atoms with Gasteiger partial charge in [-0.05, 0) is 24.6 Å². The van der Waals surface area contributed by atoms with Crippen LogP contribution in [0.3, 0.4) is 0 Å². The minimum absolute atomic E-state index is 0.00853. The van der Waals surface area contributed by atoms with Gasteiger partial charge in [0.2, 0.25) is 0 Å². The largest absolute Gasteiger partial charge is 0.360 e. The molecule has 0 radical (unpaired) electrons. The smallest absolute Gasteiger partial charge is 0.270 e. The fraction of sp³-hybridized carbons (Fsp3) is 0.0526. The molecule has 1 N–H and O–H groups in total. The highest BCUT2D eigenvalue weighted by molar-refractivity contribution is 7.11. The molecule has 2 aromatic carbocycles. The van der Waals surface area contributed by atoms with Crippen molar-refractivity contribution >= 4 is 28.3 Å². The van der Waals surface area contributed by atoms with Crippen molar-refractivity contribution in [2.45, 2.75) is 6.92 Å². The van der Waals surface area contributed by atoms with Gasteiger partial charge in [0.15, 0.2) is 0 Å². The molecule has 0 aliphatic heterocycles. The minimum atomic E-state index is -0.441. The lowest BCUT2D eigenvalue weighted by Crippen LogP contribution is -1.91. The molecule has 0 unspecified atom stereocenters. The van der Waals surface area contributed by atoms with E-state index in [4.69, 9.17) is 0 Å². The quantitative estimate of drug-likeness (QED) is 0.391. The fourth-order valence-electron chi connectivity index (χ4n) is 2.34. The van der Waals surface area contributed by atoms with Gasteiger partial charge in [-0.2, -0.15) is 5.26 Å². The Kier molecular flexibility index (Phi) is 5.06. The summed E-state index contributed by atoms with van der Waals surface area (Å²) in [5.41, 5.74) is 3.65. The number of aromatic nitrogens is 1. The van der Waals surface area contributed by atoms with Crippen molar-refractivity contribution in [3.8, 4) is 17.3 Å². The third kappa shape index (κ3) is 3.94. The van der Waals surface area contributed by atoms with Gasteiger partial charge in [-0.1, -0.05) is 24.3 Å². The number of anilines is 1. The summed E-state index contributed by atoms with van der Waals surface area (Å²) in [4.78, 5) is 14.9. The van der Waals surface area contributed by atoms with Gasteiger partial charge in [0.05, 0.1) is 10.6 Å². The van der Waals surface area contributed by atoms with Crippen LogP contribution in [0.15, 0.2) is 60.1 Å². The topological polar surface area (TPSA) is 91.8 Å². The second kappa shape index (κ2) is 7.59. The zero-order valence-corrected chi connectivity index (χ0v) is 14.7. The van der Waals surface area contributed by atoms with Crippen LogP contribution in [0.2, 0.25) is 0 Å². The van der Waals surface area contributed by atoms with Crippen LogP contribution in [0.1, 0.15) is 10.6 Å². The molecular formula is C19H14N4O2S. The van der Waals surface area contributed by atoms with E-state index in [0.717, 1.165) is 11.3 Å². The molecule has 0 spiro atoms. The molecule has 0 saturated heterocycles. The molecule has 1 aromatic heterocycles. The highest BCUT2D eigenvalue weighted by atomic mass is 32.1. The number of thiazole rings is 1. The van der Waals surface area contributed by atoms with Crippen LogP contribution in [-0.2, 0) is 0 Å². The van der Waals surface area contributed by atoms with E-state index >= 15 is 0 Å². The Labute approximate surface area is 154 Å². The number of rotatable bonds is 5. The fourth-order valence-corrected chi connectivity index (χ4v) is 3.14. The van der Waals surface area contributed by atoms with E-state index in [1.54, 1.807) is 23.7 Å². The zero-order chi connectivity index (χ0) is 18.5. The minimum Gasteiger partial charge on any atom is -0.360 e. The summed E-state index contributed by atoms with van der Waals surface area (Å²) in [5.74, 6) is 0. The average molecular weight is 362 g/mol. The summed E-state index contributed by atoms with van der Waals surface area (Å²) < 4.78 is 0. The number of non-ortho nitro benzene ring substituents is 1. The van der Waals surface area contributed by atoms with Crippen LogP contribution < -0.4 is 5.32 Å². The van der Waals surface area contributed by atoms with Crippen LogP contribution in [0, 0.1) is 28.4 Å². The van der Waals surface area contributed by atoms with Gasteiger partial charge in [0, 0.05) is 35.0 Å². The van der Waals surface area contributed by atoms with Gasteiger partial charge >= 0.3 is 0 Å². The number of benzene rings is 2. The number of nitrogens with zero attached hydrogens (tertiary/aromatic N) is 3. The molecule has 0 atom stereocenters. The lowest BCUT2D eigenvalue weighted by molar-refractivity contribution is -0.384. The van der Waals surface area contributed by atoms with Gasteiger partial charge in [0.1, 0.15) is 16.6 Å². The zero-order valence-electron chi connectivity index (χ0n) is 13.8. The Balaban J connectivity index is 1.85. The van der Waals surface area contributed by atoms with E-state index in [0.29, 0.717) is 21.8 Å². The number of aryl methyl sites for hydroxylation is 1. The van der Waals surface area contributed by atoms with Crippen molar-refractivity contribution in [2.24, 2.45) is 0 Å². The van der Waals surface area contributed by atoms with Gasteiger partial charge in [-0.25, -0.2) is 4.98 Å². The summed E-state index contributed by atoms with van der Waals surface area (Å²) in [6.45, 7) is 1.99. The van der Waals surface area contributed by atoms with Crippen molar-refractivity contribution in [2.75, 3.05) is 5.32 Å². The van der Waals surface area contributed by atoms with Gasteiger partial charge < -0.3 is 5.32 Å². The maximum absolute atomic E-state index is 10.9. The van der Waals surface area contributed by atoms with Crippen LogP contribution in [0.4, 0.5) is 11.4 Å². The molecule has 0 bridgehead atoms. The van der Waals surface area contributed by atoms with Crippen molar-refractivity contribution < 1.29 is 4.92 Å². The molecule has 3 rings (SSSR count). The van der Waals surface area contributed by atoms with E-state index in [9.17, 15) is 15.4 Å². The molecule has 128 valence electrons. The summed E-state index contributed by atoms with van der Waals surface area (Å²) in [7, 11) is 0. The van der Waals surface area contributed by atoms with Crippen molar-refractivity contribution in [1.82, 2.24) is 4.98 Å². The Hall–Kier alpha value is -3.50. The number of hydrogen-bond donors (Lipinski definition) is 1. The van der Waals surface area contributed by atoms with E-state index in [-0.39, 0.29) is 5.69 Å². The number of nitro benzene ring substituents is 1. The first kappa shape index (κ1) is 17.3. The lowest BCUT2D eigenvalue weighted by Gasteiger charge is -2.02. The molecule has 26 heavy (non-hydrogen) atoms. The molecule has 7 heteroatoms. The van der Waals surface area contributed by atoms with Crippen molar-refractivity contribution in [3.63, 3.8) is 0 Å². The molecule has 0 aliphatic carbocycles. The molecule has 3 aromatic rings. The Morgan fingerprint density at radius 2 is 2.12 bits per heavy atom. The first-order valence-electron chi connectivity index (χ1n) is 7.71. The number of nitro groups is 1. The molecule has 0 fully saturated rings. The molecule has 0 amide bonds. The van der Waals surface area contributed by atoms with Crippen LogP contribution in [0.25, 0.3) is 16.8 Å². The SMILES string of the molecule is Cc1cccc(NC=C(C#N)c2nc(-c3cccc([N+](=O)[O-])c3)cs2)c1. The van der Waals surface area contributed by atoms with E-state index in [2.05, 4.69) is 16.4 Å². The maximum atomic E-state index is 10.9. The average Bonchev–Trinajstić information content (AvgIpc) is 3.12. The normalized spacial score (nSPS) is 11.0. The second-order valence-corrected chi connectivity index (χ2v) is 6.39. The van der Waals surface area contributed by atoms with E-state index < -0.39 is 4.92 Å². The Bertz CT molecular complexity index is 1030. The Morgan fingerprint density at radius 3 is 2.85 bits per heavy atom. The first-order valence-corrected chi connectivity index (χ1v) is 8.59. The van der Waals surface area contributed by atoms with Crippen LogP contribution in [0.5, 0.6) is 0 Å². The monoisotopic (exact) mass is 362 g/mol. The maximum Gasteiger partial charge on any atom is 0.270 e. The van der Waals surface area contributed by atoms with Gasteiger partial charge in [-0.3, -0.25) is 10.1 Å². The van der Waals surface area contributed by atoms with Crippen LogP contribution >= 0.6 is 11.3 Å². The second-order valence-electron chi connectivity index (χ2n) is 5.53.